The molecule has 1 N–H and O–H groups in total. The van der Waals surface area contributed by atoms with Crippen LogP contribution in [-0.4, -0.2) is 32.1 Å². The fourth-order valence-electron chi connectivity index (χ4n) is 1.57. The molecule has 4 nitrogen and oxygen atoms in total. The molecule has 88 valence electrons. The third-order valence-electron chi connectivity index (χ3n) is 2.38. The largest absolute Gasteiger partial charge is 0.493 e. The van der Waals surface area contributed by atoms with Gasteiger partial charge in [-0.05, 0) is 17.7 Å². The lowest BCUT2D eigenvalue weighted by Crippen LogP contribution is -2.16. The first-order chi connectivity index (χ1) is 7.76. The van der Waals surface area contributed by atoms with Crippen LogP contribution in [0, 0.1) is 0 Å². The highest BCUT2D eigenvalue weighted by molar-refractivity contribution is 5.54. The summed E-state index contributed by atoms with van der Waals surface area (Å²) in [5.74, 6) is 1.43. The number of methoxy groups -OCH3 is 1. The van der Waals surface area contributed by atoms with E-state index in [1.807, 2.05) is 0 Å². The third-order valence-corrected chi connectivity index (χ3v) is 2.38. The van der Waals surface area contributed by atoms with Crippen LogP contribution < -0.4 is 14.2 Å². The summed E-state index contributed by atoms with van der Waals surface area (Å²) < 4.78 is 28.2. The van der Waals surface area contributed by atoms with Gasteiger partial charge < -0.3 is 19.3 Å². The predicted molar refractivity (Wildman–Crippen MR) is 54.9 cm³/mol. The Hall–Kier alpha value is -1.49. The average Bonchev–Trinajstić information content (AvgIpc) is 2.36. The number of halogens is 1. The Morgan fingerprint density at radius 1 is 1.44 bits per heavy atom. The maximum atomic E-state index is 12.4. The molecule has 1 atom stereocenters. The van der Waals surface area contributed by atoms with E-state index >= 15 is 0 Å². The van der Waals surface area contributed by atoms with Gasteiger partial charge in [-0.3, -0.25) is 0 Å². The molecule has 0 aliphatic carbocycles. The Morgan fingerprint density at radius 2 is 2.19 bits per heavy atom. The lowest BCUT2D eigenvalue weighted by atomic mass is 10.1. The predicted octanol–water partition coefficient (Wildman–Crippen LogP) is 1.47. The van der Waals surface area contributed by atoms with Gasteiger partial charge in [0.25, 0.3) is 0 Å². The van der Waals surface area contributed by atoms with Gasteiger partial charge in [0.05, 0.1) is 7.11 Å². The number of aliphatic hydroxyl groups excluding tert-OH is 1. The molecular weight excluding hydrogens is 215 g/mol. The summed E-state index contributed by atoms with van der Waals surface area (Å²) in [5.41, 5.74) is 0.420. The van der Waals surface area contributed by atoms with Crippen LogP contribution in [0.4, 0.5) is 4.39 Å². The molecule has 0 spiro atoms. The van der Waals surface area contributed by atoms with E-state index in [0.29, 0.717) is 36.0 Å². The molecule has 1 heterocycles. The number of hydrogen-bond donors (Lipinski definition) is 1. The molecule has 0 saturated heterocycles. The zero-order valence-corrected chi connectivity index (χ0v) is 8.90. The Balaban J connectivity index is 2.43. The fraction of sp³-hybridized carbons (Fsp3) is 0.455. The summed E-state index contributed by atoms with van der Waals surface area (Å²) in [4.78, 5) is 0. The lowest BCUT2D eigenvalue weighted by Gasteiger charge is -2.22. The highest BCUT2D eigenvalue weighted by Gasteiger charge is 2.20. The number of benzene rings is 1. The summed E-state index contributed by atoms with van der Waals surface area (Å²) in [5, 5.41) is 9.42. The van der Waals surface area contributed by atoms with Gasteiger partial charge >= 0.3 is 0 Å². The van der Waals surface area contributed by atoms with Gasteiger partial charge in [-0.2, -0.15) is 0 Å². The second-order valence-corrected chi connectivity index (χ2v) is 3.42. The second-order valence-electron chi connectivity index (χ2n) is 3.42. The monoisotopic (exact) mass is 228 g/mol. The average molecular weight is 228 g/mol. The van der Waals surface area contributed by atoms with Gasteiger partial charge in [0.15, 0.2) is 11.5 Å². The molecule has 0 saturated carbocycles. The summed E-state index contributed by atoms with van der Waals surface area (Å²) in [7, 11) is 1.49. The van der Waals surface area contributed by atoms with E-state index in [0.717, 1.165) is 0 Å². The summed E-state index contributed by atoms with van der Waals surface area (Å²) >= 11 is 0. The number of aliphatic hydroxyl groups is 1. The lowest BCUT2D eigenvalue weighted by molar-refractivity contribution is 0.137. The highest BCUT2D eigenvalue weighted by Crippen LogP contribution is 2.41. The molecule has 16 heavy (non-hydrogen) atoms. The minimum atomic E-state index is -1.16. The molecule has 0 amide bonds. The Morgan fingerprint density at radius 3 is 2.88 bits per heavy atom. The molecule has 1 aliphatic heterocycles. The molecule has 2 rings (SSSR count). The number of ether oxygens (including phenoxy) is 3. The number of hydrogen-bond acceptors (Lipinski definition) is 4. The van der Waals surface area contributed by atoms with E-state index in [-0.39, 0.29) is 0 Å². The first-order valence-corrected chi connectivity index (χ1v) is 4.98. The van der Waals surface area contributed by atoms with Crippen LogP contribution in [0.2, 0.25) is 0 Å². The van der Waals surface area contributed by atoms with Crippen LogP contribution in [0.1, 0.15) is 11.7 Å². The minimum absolute atomic E-state index is 0.420. The maximum Gasteiger partial charge on any atom is 0.203 e. The van der Waals surface area contributed by atoms with E-state index in [4.69, 9.17) is 14.2 Å². The molecule has 0 aromatic heterocycles. The van der Waals surface area contributed by atoms with Crippen LogP contribution in [0.3, 0.4) is 0 Å². The SMILES string of the molecule is COc1cc(C(O)CF)cc2c1OCCO2. The third kappa shape index (κ3) is 1.90. The molecule has 1 aliphatic rings. The molecule has 0 bridgehead atoms. The fourth-order valence-corrected chi connectivity index (χ4v) is 1.57. The first-order valence-electron chi connectivity index (χ1n) is 4.98. The first kappa shape index (κ1) is 11.0. The van der Waals surface area contributed by atoms with Crippen molar-refractivity contribution in [3.05, 3.63) is 17.7 Å². The summed E-state index contributed by atoms with van der Waals surface area (Å²) in [6.45, 7) is 0.0441. The van der Waals surface area contributed by atoms with Crippen LogP contribution in [-0.2, 0) is 0 Å². The van der Waals surface area contributed by atoms with Crippen molar-refractivity contribution >= 4 is 0 Å². The van der Waals surface area contributed by atoms with Crippen molar-refractivity contribution in [3.63, 3.8) is 0 Å². The van der Waals surface area contributed by atoms with E-state index in [1.165, 1.54) is 7.11 Å². The van der Waals surface area contributed by atoms with Crippen molar-refractivity contribution in [2.24, 2.45) is 0 Å². The molecule has 1 aromatic carbocycles. The Bertz CT molecular complexity index is 363. The zero-order chi connectivity index (χ0) is 11.5. The molecule has 0 radical (unpaired) electrons. The highest BCUT2D eigenvalue weighted by atomic mass is 19.1. The van der Waals surface area contributed by atoms with Crippen molar-refractivity contribution in [1.29, 1.82) is 0 Å². The molecular formula is C11H13FO4. The van der Waals surface area contributed by atoms with Crippen molar-refractivity contribution in [2.45, 2.75) is 6.10 Å². The summed E-state index contributed by atoms with van der Waals surface area (Å²) in [6.07, 6.45) is -1.16. The standard InChI is InChI=1S/C11H13FO4/c1-14-9-4-7(8(13)6-12)5-10-11(9)16-3-2-15-10/h4-5,8,13H,2-3,6H2,1H3. The number of fused-ring (bicyclic) bond motifs is 1. The minimum Gasteiger partial charge on any atom is -0.493 e. The van der Waals surface area contributed by atoms with E-state index in [9.17, 15) is 9.50 Å². The van der Waals surface area contributed by atoms with Gasteiger partial charge in [0.1, 0.15) is 26.0 Å². The summed E-state index contributed by atoms with van der Waals surface area (Å²) in [6, 6.07) is 3.12. The van der Waals surface area contributed by atoms with Gasteiger partial charge in [0.2, 0.25) is 5.75 Å². The van der Waals surface area contributed by atoms with Gasteiger partial charge in [-0.25, -0.2) is 4.39 Å². The van der Waals surface area contributed by atoms with Crippen LogP contribution >= 0.6 is 0 Å². The van der Waals surface area contributed by atoms with Crippen LogP contribution in [0.25, 0.3) is 0 Å². The molecule has 5 heteroatoms. The smallest absolute Gasteiger partial charge is 0.203 e. The van der Waals surface area contributed by atoms with Crippen LogP contribution in [0.5, 0.6) is 17.2 Å². The molecule has 1 unspecified atom stereocenters. The Labute approximate surface area is 92.6 Å². The Kier molecular flexibility index (Phi) is 3.14. The van der Waals surface area contributed by atoms with Crippen molar-refractivity contribution in [1.82, 2.24) is 0 Å². The van der Waals surface area contributed by atoms with E-state index in [2.05, 4.69) is 0 Å². The second kappa shape index (κ2) is 4.57. The number of rotatable bonds is 3. The van der Waals surface area contributed by atoms with E-state index in [1.54, 1.807) is 12.1 Å². The van der Waals surface area contributed by atoms with Gasteiger partial charge in [0, 0.05) is 0 Å². The molecule has 1 aromatic rings. The van der Waals surface area contributed by atoms with Crippen molar-refractivity contribution in [2.75, 3.05) is 27.0 Å². The normalized spacial score (nSPS) is 15.7. The van der Waals surface area contributed by atoms with E-state index < -0.39 is 12.8 Å². The van der Waals surface area contributed by atoms with Crippen molar-refractivity contribution in [3.8, 4) is 17.2 Å². The zero-order valence-electron chi connectivity index (χ0n) is 8.90. The topological polar surface area (TPSA) is 47.9 Å². The number of alkyl halides is 1. The van der Waals surface area contributed by atoms with Crippen LogP contribution in [0.15, 0.2) is 12.1 Å². The van der Waals surface area contributed by atoms with Gasteiger partial charge in [-0.15, -0.1) is 0 Å². The quantitative estimate of drug-likeness (QED) is 0.851. The maximum absolute atomic E-state index is 12.4. The van der Waals surface area contributed by atoms with Gasteiger partial charge in [-0.1, -0.05) is 0 Å². The molecule has 0 fully saturated rings. The van der Waals surface area contributed by atoms with Crippen molar-refractivity contribution < 1.29 is 23.7 Å².